The maximum absolute atomic E-state index is 10.1. The summed E-state index contributed by atoms with van der Waals surface area (Å²) in [5, 5.41) is 19.2. The first-order valence-corrected chi connectivity index (χ1v) is 4.64. The molecule has 0 radical (unpaired) electrons. The topological polar surface area (TPSA) is 40.5 Å². The highest BCUT2D eigenvalue weighted by molar-refractivity contribution is 5.29. The SMILES string of the molecule is CCC(O)(CC)c1ccc(O)cc1. The van der Waals surface area contributed by atoms with E-state index < -0.39 is 5.60 Å². The third kappa shape index (κ3) is 2.01. The molecular weight excluding hydrogens is 164 g/mol. The van der Waals surface area contributed by atoms with Gasteiger partial charge in [0.1, 0.15) is 5.75 Å². The van der Waals surface area contributed by atoms with Crippen LogP contribution in [0.2, 0.25) is 0 Å². The van der Waals surface area contributed by atoms with E-state index in [1.165, 1.54) is 0 Å². The summed E-state index contributed by atoms with van der Waals surface area (Å²) in [6.07, 6.45) is 1.38. The smallest absolute Gasteiger partial charge is 0.115 e. The molecule has 2 nitrogen and oxygen atoms in total. The van der Waals surface area contributed by atoms with Crippen LogP contribution >= 0.6 is 0 Å². The minimum absolute atomic E-state index is 0.235. The van der Waals surface area contributed by atoms with Crippen molar-refractivity contribution in [1.29, 1.82) is 0 Å². The van der Waals surface area contributed by atoms with Gasteiger partial charge in [-0.05, 0) is 30.5 Å². The lowest BCUT2D eigenvalue weighted by atomic mass is 9.89. The van der Waals surface area contributed by atoms with Gasteiger partial charge in [0.05, 0.1) is 5.60 Å². The summed E-state index contributed by atoms with van der Waals surface area (Å²) in [6, 6.07) is 6.74. The largest absolute Gasteiger partial charge is 0.508 e. The lowest BCUT2D eigenvalue weighted by Gasteiger charge is -2.25. The van der Waals surface area contributed by atoms with Crippen LogP contribution in [0.25, 0.3) is 0 Å². The molecule has 0 amide bonds. The van der Waals surface area contributed by atoms with Gasteiger partial charge in [0, 0.05) is 0 Å². The van der Waals surface area contributed by atoms with Gasteiger partial charge in [-0.15, -0.1) is 0 Å². The Kier molecular flexibility index (Phi) is 2.94. The van der Waals surface area contributed by atoms with Crippen molar-refractivity contribution in [3.63, 3.8) is 0 Å². The van der Waals surface area contributed by atoms with Gasteiger partial charge in [0.25, 0.3) is 0 Å². The van der Waals surface area contributed by atoms with E-state index in [0.717, 1.165) is 5.56 Å². The summed E-state index contributed by atoms with van der Waals surface area (Å²) in [7, 11) is 0. The van der Waals surface area contributed by atoms with E-state index in [1.54, 1.807) is 24.3 Å². The summed E-state index contributed by atoms with van der Waals surface area (Å²) in [5.41, 5.74) is 0.128. The third-order valence-corrected chi connectivity index (χ3v) is 2.57. The van der Waals surface area contributed by atoms with Crippen molar-refractivity contribution >= 4 is 0 Å². The highest BCUT2D eigenvalue weighted by atomic mass is 16.3. The molecule has 1 aromatic rings. The van der Waals surface area contributed by atoms with Crippen LogP contribution in [-0.4, -0.2) is 10.2 Å². The number of aromatic hydroxyl groups is 1. The molecule has 0 aliphatic heterocycles. The maximum Gasteiger partial charge on any atom is 0.115 e. The van der Waals surface area contributed by atoms with Crippen LogP contribution in [-0.2, 0) is 5.60 Å². The Morgan fingerprint density at radius 2 is 1.54 bits per heavy atom. The molecule has 0 aromatic heterocycles. The number of phenolic OH excluding ortho intramolecular Hbond substituents is 1. The fourth-order valence-corrected chi connectivity index (χ4v) is 1.43. The van der Waals surface area contributed by atoms with Crippen LogP contribution in [0.5, 0.6) is 5.75 Å². The Bertz CT molecular complexity index is 260. The summed E-state index contributed by atoms with van der Waals surface area (Å²) in [5.74, 6) is 0.235. The number of hydrogen-bond acceptors (Lipinski definition) is 2. The number of phenols is 1. The second kappa shape index (κ2) is 3.79. The Labute approximate surface area is 78.8 Å². The molecule has 2 heteroatoms. The molecule has 0 aliphatic rings. The second-order valence-electron chi connectivity index (χ2n) is 3.29. The highest BCUT2D eigenvalue weighted by Gasteiger charge is 2.24. The molecule has 0 fully saturated rings. The van der Waals surface area contributed by atoms with E-state index in [1.807, 2.05) is 13.8 Å². The zero-order chi connectivity index (χ0) is 9.90. The fraction of sp³-hybridized carbons (Fsp3) is 0.455. The number of hydrogen-bond donors (Lipinski definition) is 2. The van der Waals surface area contributed by atoms with Crippen molar-refractivity contribution in [2.24, 2.45) is 0 Å². The molecule has 0 unspecified atom stereocenters. The van der Waals surface area contributed by atoms with Crippen molar-refractivity contribution in [3.05, 3.63) is 29.8 Å². The van der Waals surface area contributed by atoms with Gasteiger partial charge in [-0.25, -0.2) is 0 Å². The second-order valence-corrected chi connectivity index (χ2v) is 3.29. The van der Waals surface area contributed by atoms with Crippen LogP contribution in [0.3, 0.4) is 0 Å². The van der Waals surface area contributed by atoms with E-state index in [2.05, 4.69) is 0 Å². The molecule has 72 valence electrons. The van der Waals surface area contributed by atoms with Crippen LogP contribution in [0.4, 0.5) is 0 Å². The van der Waals surface area contributed by atoms with Crippen molar-refractivity contribution in [2.45, 2.75) is 32.3 Å². The minimum atomic E-state index is -0.742. The first-order chi connectivity index (χ1) is 6.12. The van der Waals surface area contributed by atoms with Crippen molar-refractivity contribution in [3.8, 4) is 5.75 Å². The summed E-state index contributed by atoms with van der Waals surface area (Å²) in [6.45, 7) is 3.91. The van der Waals surface area contributed by atoms with Gasteiger partial charge in [-0.3, -0.25) is 0 Å². The molecule has 0 aliphatic carbocycles. The lowest BCUT2D eigenvalue weighted by molar-refractivity contribution is 0.0283. The Hall–Kier alpha value is -1.02. The predicted molar refractivity (Wildman–Crippen MR) is 52.6 cm³/mol. The summed E-state index contributed by atoms with van der Waals surface area (Å²) in [4.78, 5) is 0. The molecule has 13 heavy (non-hydrogen) atoms. The van der Waals surface area contributed by atoms with Gasteiger partial charge < -0.3 is 10.2 Å². The fourth-order valence-electron chi connectivity index (χ4n) is 1.43. The number of rotatable bonds is 3. The molecular formula is C11H16O2. The van der Waals surface area contributed by atoms with Crippen LogP contribution in [0.15, 0.2) is 24.3 Å². The summed E-state index contributed by atoms with van der Waals surface area (Å²) < 4.78 is 0. The van der Waals surface area contributed by atoms with Crippen molar-refractivity contribution < 1.29 is 10.2 Å². The average Bonchev–Trinajstić information content (AvgIpc) is 2.18. The van der Waals surface area contributed by atoms with E-state index in [9.17, 15) is 5.11 Å². The van der Waals surface area contributed by atoms with Crippen molar-refractivity contribution in [1.82, 2.24) is 0 Å². The quantitative estimate of drug-likeness (QED) is 0.749. The van der Waals surface area contributed by atoms with Gasteiger partial charge in [0.2, 0.25) is 0 Å². The van der Waals surface area contributed by atoms with E-state index in [4.69, 9.17) is 5.11 Å². The first kappa shape index (κ1) is 10.1. The van der Waals surface area contributed by atoms with E-state index in [0.29, 0.717) is 12.8 Å². The highest BCUT2D eigenvalue weighted by Crippen LogP contribution is 2.29. The molecule has 0 atom stereocenters. The zero-order valence-electron chi connectivity index (χ0n) is 8.12. The third-order valence-electron chi connectivity index (χ3n) is 2.57. The van der Waals surface area contributed by atoms with Crippen molar-refractivity contribution in [2.75, 3.05) is 0 Å². The van der Waals surface area contributed by atoms with Crippen LogP contribution in [0, 0.1) is 0 Å². The molecule has 0 saturated carbocycles. The van der Waals surface area contributed by atoms with E-state index >= 15 is 0 Å². The average molecular weight is 180 g/mol. The van der Waals surface area contributed by atoms with Crippen LogP contribution in [0.1, 0.15) is 32.3 Å². The number of benzene rings is 1. The molecule has 0 bridgehead atoms. The first-order valence-electron chi connectivity index (χ1n) is 4.64. The monoisotopic (exact) mass is 180 g/mol. The van der Waals surface area contributed by atoms with Gasteiger partial charge >= 0.3 is 0 Å². The molecule has 1 aromatic carbocycles. The van der Waals surface area contributed by atoms with Gasteiger partial charge in [-0.1, -0.05) is 26.0 Å². The normalized spacial score (nSPS) is 11.6. The molecule has 0 spiro atoms. The Balaban J connectivity index is 2.99. The lowest BCUT2D eigenvalue weighted by Crippen LogP contribution is -2.23. The molecule has 0 heterocycles. The number of aliphatic hydroxyl groups is 1. The molecule has 1 rings (SSSR count). The standard InChI is InChI=1S/C11H16O2/c1-3-11(13,4-2)9-5-7-10(12)8-6-9/h5-8,12-13H,3-4H2,1-2H3. The summed E-state index contributed by atoms with van der Waals surface area (Å²) >= 11 is 0. The zero-order valence-corrected chi connectivity index (χ0v) is 8.12. The predicted octanol–water partition coefficient (Wildman–Crippen LogP) is 2.40. The molecule has 0 saturated heterocycles. The van der Waals surface area contributed by atoms with Gasteiger partial charge in [-0.2, -0.15) is 0 Å². The van der Waals surface area contributed by atoms with E-state index in [-0.39, 0.29) is 5.75 Å². The van der Waals surface area contributed by atoms with Gasteiger partial charge in [0.15, 0.2) is 0 Å². The Morgan fingerprint density at radius 3 is 1.92 bits per heavy atom. The van der Waals surface area contributed by atoms with Crippen LogP contribution < -0.4 is 0 Å². The minimum Gasteiger partial charge on any atom is -0.508 e. The maximum atomic E-state index is 10.1. The molecule has 2 N–H and O–H groups in total. The Morgan fingerprint density at radius 1 is 1.08 bits per heavy atom.